The molecule has 1 amide bonds. The predicted octanol–water partition coefficient (Wildman–Crippen LogP) is 3.09. The standard InChI is InChI=1S/C15H19Cl2N3O/c16-13-9-18-14(17)8-12(13)15(21)20-7-4-11(10-20)19-5-2-1-3-6-19/h8-9,11H,1-7,10H2. The highest BCUT2D eigenvalue weighted by Gasteiger charge is 2.32. The number of likely N-dealkylation sites (tertiary alicyclic amines) is 2. The Morgan fingerprint density at radius 1 is 1.19 bits per heavy atom. The number of aromatic nitrogens is 1. The van der Waals surface area contributed by atoms with Crippen LogP contribution in [0.3, 0.4) is 0 Å². The SMILES string of the molecule is O=C(c1cc(Cl)ncc1Cl)N1CCC(N2CCCCC2)C1. The van der Waals surface area contributed by atoms with Crippen molar-refractivity contribution in [2.75, 3.05) is 26.2 Å². The lowest BCUT2D eigenvalue weighted by Gasteiger charge is -2.32. The van der Waals surface area contributed by atoms with Gasteiger partial charge in [0, 0.05) is 25.3 Å². The van der Waals surface area contributed by atoms with E-state index in [1.54, 1.807) is 6.07 Å². The molecule has 1 aromatic rings. The van der Waals surface area contributed by atoms with Gasteiger partial charge >= 0.3 is 0 Å². The molecule has 3 rings (SSSR count). The van der Waals surface area contributed by atoms with E-state index in [1.807, 2.05) is 4.90 Å². The summed E-state index contributed by atoms with van der Waals surface area (Å²) in [5.74, 6) is -0.0381. The monoisotopic (exact) mass is 327 g/mol. The Balaban J connectivity index is 1.67. The average molecular weight is 328 g/mol. The van der Waals surface area contributed by atoms with Gasteiger partial charge in [0.15, 0.2) is 0 Å². The van der Waals surface area contributed by atoms with Crippen LogP contribution < -0.4 is 0 Å². The minimum Gasteiger partial charge on any atom is -0.337 e. The van der Waals surface area contributed by atoms with E-state index in [2.05, 4.69) is 9.88 Å². The number of pyridine rings is 1. The number of halogens is 2. The van der Waals surface area contributed by atoms with Crippen LogP contribution in [0.4, 0.5) is 0 Å². The third kappa shape index (κ3) is 3.33. The molecule has 0 saturated carbocycles. The van der Waals surface area contributed by atoms with Gasteiger partial charge in [-0.15, -0.1) is 0 Å². The minimum atomic E-state index is -0.0381. The van der Waals surface area contributed by atoms with Gasteiger partial charge in [0.25, 0.3) is 5.91 Å². The Bertz CT molecular complexity index is 532. The summed E-state index contributed by atoms with van der Waals surface area (Å²) in [6, 6.07) is 2.05. The van der Waals surface area contributed by atoms with E-state index < -0.39 is 0 Å². The Morgan fingerprint density at radius 2 is 1.95 bits per heavy atom. The van der Waals surface area contributed by atoms with Gasteiger partial charge in [0.2, 0.25) is 0 Å². The van der Waals surface area contributed by atoms with E-state index in [0.29, 0.717) is 21.8 Å². The first kappa shape index (κ1) is 15.1. The van der Waals surface area contributed by atoms with Crippen molar-refractivity contribution in [2.24, 2.45) is 0 Å². The van der Waals surface area contributed by atoms with Crippen LogP contribution >= 0.6 is 23.2 Å². The molecule has 1 aromatic heterocycles. The van der Waals surface area contributed by atoms with Gasteiger partial charge in [-0.25, -0.2) is 4.98 Å². The van der Waals surface area contributed by atoms with Crippen molar-refractivity contribution in [1.29, 1.82) is 0 Å². The van der Waals surface area contributed by atoms with Crippen molar-refractivity contribution in [1.82, 2.24) is 14.8 Å². The van der Waals surface area contributed by atoms with Gasteiger partial charge in [-0.1, -0.05) is 29.6 Å². The molecule has 2 aliphatic rings. The molecule has 2 aliphatic heterocycles. The zero-order chi connectivity index (χ0) is 14.8. The van der Waals surface area contributed by atoms with Gasteiger partial charge in [0.05, 0.1) is 10.6 Å². The second kappa shape index (κ2) is 6.51. The van der Waals surface area contributed by atoms with Crippen LogP contribution in [0.25, 0.3) is 0 Å². The van der Waals surface area contributed by atoms with Crippen molar-refractivity contribution in [3.05, 3.63) is 28.0 Å². The highest BCUT2D eigenvalue weighted by Crippen LogP contribution is 2.25. The van der Waals surface area contributed by atoms with Crippen LogP contribution in [-0.2, 0) is 0 Å². The molecule has 21 heavy (non-hydrogen) atoms. The number of nitrogens with zero attached hydrogens (tertiary/aromatic N) is 3. The maximum absolute atomic E-state index is 12.6. The molecule has 2 saturated heterocycles. The molecule has 2 fully saturated rings. The van der Waals surface area contributed by atoms with Crippen LogP contribution in [0.1, 0.15) is 36.0 Å². The van der Waals surface area contributed by atoms with Crippen molar-refractivity contribution in [3.8, 4) is 0 Å². The molecule has 1 atom stereocenters. The molecule has 0 spiro atoms. The predicted molar refractivity (Wildman–Crippen MR) is 84.0 cm³/mol. The van der Waals surface area contributed by atoms with Gasteiger partial charge in [0.1, 0.15) is 5.15 Å². The maximum atomic E-state index is 12.6. The molecule has 114 valence electrons. The van der Waals surface area contributed by atoms with E-state index >= 15 is 0 Å². The second-order valence-electron chi connectivity index (χ2n) is 5.78. The van der Waals surface area contributed by atoms with Gasteiger partial charge in [-0.2, -0.15) is 0 Å². The first-order valence-electron chi connectivity index (χ1n) is 7.49. The van der Waals surface area contributed by atoms with Crippen molar-refractivity contribution >= 4 is 29.1 Å². The van der Waals surface area contributed by atoms with Crippen LogP contribution in [0, 0.1) is 0 Å². The summed E-state index contributed by atoms with van der Waals surface area (Å²) in [7, 11) is 0. The Kier molecular flexibility index (Phi) is 4.67. The molecule has 0 radical (unpaired) electrons. The fourth-order valence-electron chi connectivity index (χ4n) is 3.26. The zero-order valence-electron chi connectivity index (χ0n) is 11.9. The summed E-state index contributed by atoms with van der Waals surface area (Å²) < 4.78 is 0. The molecule has 6 heteroatoms. The van der Waals surface area contributed by atoms with Crippen LogP contribution in [0.2, 0.25) is 10.2 Å². The number of hydrogen-bond acceptors (Lipinski definition) is 3. The highest BCUT2D eigenvalue weighted by atomic mass is 35.5. The van der Waals surface area contributed by atoms with Gasteiger partial charge in [-0.05, 0) is 38.4 Å². The average Bonchev–Trinajstić information content (AvgIpc) is 3.00. The largest absolute Gasteiger partial charge is 0.337 e. The van der Waals surface area contributed by atoms with E-state index in [9.17, 15) is 4.79 Å². The molecule has 0 N–H and O–H groups in total. The summed E-state index contributed by atoms with van der Waals surface area (Å²) in [6.07, 6.45) is 6.36. The van der Waals surface area contributed by atoms with Crippen LogP contribution in [0.15, 0.2) is 12.3 Å². The smallest absolute Gasteiger partial charge is 0.255 e. The Labute approximate surface area is 135 Å². The summed E-state index contributed by atoms with van der Waals surface area (Å²) in [5, 5.41) is 0.667. The molecule has 3 heterocycles. The fourth-order valence-corrected chi connectivity index (χ4v) is 3.60. The minimum absolute atomic E-state index is 0.0381. The third-order valence-electron chi connectivity index (χ3n) is 4.41. The van der Waals surface area contributed by atoms with Crippen LogP contribution in [-0.4, -0.2) is 52.9 Å². The maximum Gasteiger partial charge on any atom is 0.255 e. The lowest BCUT2D eigenvalue weighted by Crippen LogP contribution is -2.41. The first-order valence-corrected chi connectivity index (χ1v) is 8.25. The van der Waals surface area contributed by atoms with E-state index in [-0.39, 0.29) is 5.91 Å². The summed E-state index contributed by atoms with van der Waals surface area (Å²) in [6.45, 7) is 3.90. The molecule has 1 unspecified atom stereocenters. The number of hydrogen-bond donors (Lipinski definition) is 0. The van der Waals surface area contributed by atoms with E-state index in [4.69, 9.17) is 23.2 Å². The van der Waals surface area contributed by atoms with Crippen molar-refractivity contribution < 1.29 is 4.79 Å². The number of carbonyl (C=O) groups is 1. The van der Waals surface area contributed by atoms with Gasteiger partial charge in [-0.3, -0.25) is 9.69 Å². The molecule has 0 aliphatic carbocycles. The van der Waals surface area contributed by atoms with Crippen molar-refractivity contribution in [3.63, 3.8) is 0 Å². The lowest BCUT2D eigenvalue weighted by molar-refractivity contribution is 0.0771. The number of amides is 1. The highest BCUT2D eigenvalue weighted by molar-refractivity contribution is 6.35. The molecular weight excluding hydrogens is 309 g/mol. The van der Waals surface area contributed by atoms with Gasteiger partial charge < -0.3 is 4.90 Å². The van der Waals surface area contributed by atoms with Crippen LogP contribution in [0.5, 0.6) is 0 Å². The Morgan fingerprint density at radius 3 is 2.71 bits per heavy atom. The molecule has 0 aromatic carbocycles. The number of piperidine rings is 1. The lowest BCUT2D eigenvalue weighted by atomic mass is 10.1. The van der Waals surface area contributed by atoms with Crippen molar-refractivity contribution in [2.45, 2.75) is 31.7 Å². The topological polar surface area (TPSA) is 36.4 Å². The van der Waals surface area contributed by atoms with E-state index in [0.717, 1.165) is 32.6 Å². The normalized spacial score (nSPS) is 23.5. The second-order valence-corrected chi connectivity index (χ2v) is 6.57. The quantitative estimate of drug-likeness (QED) is 0.783. The molecular formula is C15H19Cl2N3O. The van der Waals surface area contributed by atoms with E-state index in [1.165, 1.54) is 25.5 Å². The zero-order valence-corrected chi connectivity index (χ0v) is 13.4. The number of rotatable bonds is 2. The third-order valence-corrected chi connectivity index (χ3v) is 4.92. The fraction of sp³-hybridized carbons (Fsp3) is 0.600. The summed E-state index contributed by atoms with van der Waals surface area (Å²) in [4.78, 5) is 20.9. The summed E-state index contributed by atoms with van der Waals surface area (Å²) in [5.41, 5.74) is 0.455. The summed E-state index contributed by atoms with van der Waals surface area (Å²) >= 11 is 11.9. The molecule has 4 nitrogen and oxygen atoms in total. The Hall–Kier alpha value is -0.840. The molecule has 0 bridgehead atoms. The first-order chi connectivity index (χ1) is 10.1. The number of carbonyl (C=O) groups excluding carboxylic acids is 1.